The Morgan fingerprint density at radius 1 is 1.38 bits per heavy atom. The summed E-state index contributed by atoms with van der Waals surface area (Å²) in [6, 6.07) is 6.20. The Hall–Kier alpha value is -0.990. The maximum absolute atomic E-state index is 6.06. The number of hydrogen-bond donors (Lipinski definition) is 1. The van der Waals surface area contributed by atoms with E-state index in [1.807, 2.05) is 6.07 Å². The van der Waals surface area contributed by atoms with Crippen LogP contribution in [0.1, 0.15) is 17.7 Å². The van der Waals surface area contributed by atoms with Gasteiger partial charge in [-0.3, -0.25) is 0 Å². The Bertz CT molecular complexity index is 542. The van der Waals surface area contributed by atoms with Gasteiger partial charge in [-0.15, -0.1) is 0 Å². The number of hydrogen-bond acceptors (Lipinski definition) is 1. The molecule has 2 nitrogen and oxygen atoms in total. The molecular formula is C13H15ClN2. The van der Waals surface area contributed by atoms with E-state index in [9.17, 15) is 0 Å². The van der Waals surface area contributed by atoms with Crippen molar-refractivity contribution in [3.05, 3.63) is 34.5 Å². The van der Waals surface area contributed by atoms with Gasteiger partial charge in [-0.25, -0.2) is 0 Å². The van der Waals surface area contributed by atoms with Crippen molar-refractivity contribution in [1.82, 2.24) is 9.88 Å². The largest absolute Gasteiger partial charge is 0.346 e. The lowest BCUT2D eigenvalue weighted by atomic mass is 10.1. The van der Waals surface area contributed by atoms with Crippen molar-refractivity contribution >= 4 is 22.5 Å². The van der Waals surface area contributed by atoms with E-state index in [0.29, 0.717) is 0 Å². The van der Waals surface area contributed by atoms with Crippen molar-refractivity contribution < 1.29 is 0 Å². The maximum Gasteiger partial charge on any atom is 0.0498 e. The molecule has 2 heterocycles. The van der Waals surface area contributed by atoms with E-state index in [1.165, 1.54) is 35.0 Å². The Balaban J connectivity index is 2.31. The van der Waals surface area contributed by atoms with E-state index < -0.39 is 0 Å². The second-order valence-electron chi connectivity index (χ2n) is 4.43. The molecule has 0 saturated heterocycles. The molecule has 3 rings (SSSR count). The van der Waals surface area contributed by atoms with Crippen LogP contribution in [0.5, 0.6) is 0 Å². The van der Waals surface area contributed by atoms with Gasteiger partial charge in [-0.05, 0) is 37.1 Å². The quantitative estimate of drug-likeness (QED) is 0.742. The van der Waals surface area contributed by atoms with Crippen molar-refractivity contribution in [2.45, 2.75) is 19.4 Å². The van der Waals surface area contributed by atoms with Crippen LogP contribution in [-0.4, -0.2) is 11.1 Å². The molecule has 1 N–H and O–H groups in total. The second-order valence-corrected chi connectivity index (χ2v) is 4.86. The Morgan fingerprint density at radius 2 is 2.25 bits per heavy atom. The molecule has 2 aromatic rings. The first kappa shape index (κ1) is 10.2. The highest BCUT2D eigenvalue weighted by atomic mass is 35.5. The lowest BCUT2D eigenvalue weighted by Crippen LogP contribution is -2.14. The van der Waals surface area contributed by atoms with E-state index >= 15 is 0 Å². The highest BCUT2D eigenvalue weighted by Crippen LogP contribution is 2.29. The number of benzene rings is 1. The van der Waals surface area contributed by atoms with Crippen LogP contribution in [0.15, 0.2) is 18.2 Å². The molecule has 16 heavy (non-hydrogen) atoms. The van der Waals surface area contributed by atoms with Crippen molar-refractivity contribution in [2.75, 3.05) is 6.54 Å². The zero-order valence-corrected chi connectivity index (χ0v) is 10.1. The molecule has 1 aliphatic heterocycles. The summed E-state index contributed by atoms with van der Waals surface area (Å²) < 4.78 is 2.27. The molecule has 1 aliphatic rings. The van der Waals surface area contributed by atoms with Crippen molar-refractivity contribution in [3.63, 3.8) is 0 Å². The molecule has 3 heteroatoms. The van der Waals surface area contributed by atoms with Gasteiger partial charge in [0.1, 0.15) is 0 Å². The van der Waals surface area contributed by atoms with Gasteiger partial charge in [0.25, 0.3) is 0 Å². The monoisotopic (exact) mass is 234 g/mol. The lowest BCUT2D eigenvalue weighted by molar-refractivity contribution is 0.661. The van der Waals surface area contributed by atoms with Gasteiger partial charge < -0.3 is 9.88 Å². The summed E-state index contributed by atoms with van der Waals surface area (Å²) in [6.45, 7) is 2.09. The molecule has 1 aromatic carbocycles. The van der Waals surface area contributed by atoms with Crippen molar-refractivity contribution in [3.8, 4) is 0 Å². The number of aromatic nitrogens is 1. The molecule has 0 aliphatic carbocycles. The first-order valence-corrected chi connectivity index (χ1v) is 6.11. The fraction of sp³-hybridized carbons (Fsp3) is 0.385. The summed E-state index contributed by atoms with van der Waals surface area (Å²) in [5.41, 5.74) is 4.16. The van der Waals surface area contributed by atoms with E-state index in [4.69, 9.17) is 11.6 Å². The summed E-state index contributed by atoms with van der Waals surface area (Å²) >= 11 is 6.06. The summed E-state index contributed by atoms with van der Waals surface area (Å²) in [5, 5.41) is 5.65. The molecule has 0 atom stereocenters. The van der Waals surface area contributed by atoms with Crippen LogP contribution >= 0.6 is 11.6 Å². The molecule has 84 valence electrons. The minimum absolute atomic E-state index is 0.816. The van der Waals surface area contributed by atoms with Crippen molar-refractivity contribution in [2.24, 2.45) is 7.05 Å². The van der Waals surface area contributed by atoms with Crippen LogP contribution in [0.4, 0.5) is 0 Å². The second kappa shape index (κ2) is 3.79. The SMILES string of the molecule is Cn1c2c(c3ccc(Cl)cc31)CCCNC2. The molecule has 0 amide bonds. The molecule has 1 aromatic heterocycles. The maximum atomic E-state index is 6.06. The van der Waals surface area contributed by atoms with Gasteiger partial charge in [-0.2, -0.15) is 0 Å². The van der Waals surface area contributed by atoms with Gasteiger partial charge in [0.05, 0.1) is 0 Å². The Labute approximate surface area is 100 Å². The standard InChI is InChI=1S/C13H15ClN2/c1-16-12-7-9(14)4-5-11(12)10-3-2-6-15-8-13(10)16/h4-5,7,15H,2-3,6,8H2,1H3. The van der Waals surface area contributed by atoms with Crippen LogP contribution in [0, 0.1) is 0 Å². The number of nitrogens with zero attached hydrogens (tertiary/aromatic N) is 1. The zero-order chi connectivity index (χ0) is 11.1. The van der Waals surface area contributed by atoms with Crippen LogP contribution in [-0.2, 0) is 20.0 Å². The van der Waals surface area contributed by atoms with Crippen LogP contribution in [0.2, 0.25) is 5.02 Å². The van der Waals surface area contributed by atoms with Gasteiger partial charge in [0, 0.05) is 35.2 Å². The van der Waals surface area contributed by atoms with E-state index in [-0.39, 0.29) is 0 Å². The summed E-state index contributed by atoms with van der Waals surface area (Å²) in [6.07, 6.45) is 2.38. The van der Waals surface area contributed by atoms with Crippen LogP contribution in [0.25, 0.3) is 10.9 Å². The molecule has 0 unspecified atom stereocenters. The van der Waals surface area contributed by atoms with Crippen molar-refractivity contribution in [1.29, 1.82) is 0 Å². The molecule has 0 radical (unpaired) electrons. The minimum Gasteiger partial charge on any atom is -0.346 e. The fourth-order valence-corrected chi connectivity index (χ4v) is 2.81. The van der Waals surface area contributed by atoms with E-state index in [0.717, 1.165) is 18.1 Å². The van der Waals surface area contributed by atoms with Gasteiger partial charge in [0.15, 0.2) is 0 Å². The smallest absolute Gasteiger partial charge is 0.0498 e. The number of rotatable bonds is 0. The first-order valence-electron chi connectivity index (χ1n) is 5.74. The third-order valence-electron chi connectivity index (χ3n) is 3.47. The van der Waals surface area contributed by atoms with E-state index in [1.54, 1.807) is 0 Å². The number of nitrogens with one attached hydrogen (secondary N) is 1. The predicted octanol–water partition coefficient (Wildman–Crippen LogP) is 2.87. The highest BCUT2D eigenvalue weighted by molar-refractivity contribution is 6.31. The third kappa shape index (κ3) is 1.45. The molecule has 0 saturated carbocycles. The van der Waals surface area contributed by atoms with Crippen LogP contribution < -0.4 is 5.32 Å². The fourth-order valence-electron chi connectivity index (χ4n) is 2.64. The first-order chi connectivity index (χ1) is 7.77. The molecule has 0 fully saturated rings. The Kier molecular flexibility index (Phi) is 2.41. The topological polar surface area (TPSA) is 17.0 Å². The number of aryl methyl sites for hydroxylation is 2. The van der Waals surface area contributed by atoms with Crippen LogP contribution in [0.3, 0.4) is 0 Å². The summed E-state index contributed by atoms with van der Waals surface area (Å²) in [7, 11) is 2.13. The molecule has 0 bridgehead atoms. The average Bonchev–Trinajstić information content (AvgIpc) is 2.47. The van der Waals surface area contributed by atoms with Gasteiger partial charge in [-0.1, -0.05) is 17.7 Å². The predicted molar refractivity (Wildman–Crippen MR) is 68.0 cm³/mol. The molecular weight excluding hydrogens is 220 g/mol. The van der Waals surface area contributed by atoms with Gasteiger partial charge in [0.2, 0.25) is 0 Å². The van der Waals surface area contributed by atoms with Gasteiger partial charge >= 0.3 is 0 Å². The third-order valence-corrected chi connectivity index (χ3v) is 3.71. The minimum atomic E-state index is 0.816. The lowest BCUT2D eigenvalue weighted by Gasteiger charge is -2.04. The highest BCUT2D eigenvalue weighted by Gasteiger charge is 2.16. The summed E-state index contributed by atoms with van der Waals surface area (Å²) in [5.74, 6) is 0. The summed E-state index contributed by atoms with van der Waals surface area (Å²) in [4.78, 5) is 0. The zero-order valence-electron chi connectivity index (χ0n) is 9.39. The average molecular weight is 235 g/mol. The molecule has 0 spiro atoms. The number of halogens is 1. The number of fused-ring (bicyclic) bond motifs is 3. The Morgan fingerprint density at radius 3 is 3.12 bits per heavy atom. The normalized spacial score (nSPS) is 16.1. The van der Waals surface area contributed by atoms with E-state index in [2.05, 4.69) is 29.1 Å².